The topological polar surface area (TPSA) is 26.3 Å². The van der Waals surface area contributed by atoms with Crippen LogP contribution in [0.15, 0.2) is 48.5 Å². The molecule has 0 spiro atoms. The Morgan fingerprint density at radius 2 is 1.83 bits per heavy atom. The molecule has 2 rings (SSSR count). The Morgan fingerprint density at radius 3 is 2.50 bits per heavy atom. The zero-order chi connectivity index (χ0) is 13.0. The molecule has 0 amide bonds. The maximum Gasteiger partial charge on any atom is 0.163 e. The summed E-state index contributed by atoms with van der Waals surface area (Å²) in [4.78, 5) is 11.5. The van der Waals surface area contributed by atoms with E-state index in [4.69, 9.17) is 4.74 Å². The van der Waals surface area contributed by atoms with Gasteiger partial charge in [0.25, 0.3) is 0 Å². The fraction of sp³-hybridized carbons (Fsp3) is 0.188. The van der Waals surface area contributed by atoms with Crippen LogP contribution in [0.2, 0.25) is 0 Å². The van der Waals surface area contributed by atoms with E-state index in [0.717, 1.165) is 11.1 Å². The fourth-order valence-corrected chi connectivity index (χ4v) is 1.78. The Labute approximate surface area is 107 Å². The highest BCUT2D eigenvalue weighted by Crippen LogP contribution is 2.21. The van der Waals surface area contributed by atoms with Gasteiger partial charge in [0.05, 0.1) is 5.56 Å². The van der Waals surface area contributed by atoms with Gasteiger partial charge in [-0.2, -0.15) is 0 Å². The van der Waals surface area contributed by atoms with Crippen molar-refractivity contribution in [1.29, 1.82) is 0 Å². The van der Waals surface area contributed by atoms with Crippen LogP contribution in [0.25, 0.3) is 0 Å². The minimum atomic E-state index is 0.0294. The monoisotopic (exact) mass is 240 g/mol. The molecule has 0 saturated heterocycles. The minimum Gasteiger partial charge on any atom is -0.488 e. The van der Waals surface area contributed by atoms with Gasteiger partial charge in [0.1, 0.15) is 12.4 Å². The zero-order valence-electron chi connectivity index (χ0n) is 10.6. The van der Waals surface area contributed by atoms with E-state index in [9.17, 15) is 4.79 Å². The smallest absolute Gasteiger partial charge is 0.163 e. The van der Waals surface area contributed by atoms with Gasteiger partial charge in [-0.25, -0.2) is 0 Å². The second-order valence-corrected chi connectivity index (χ2v) is 4.33. The predicted molar refractivity (Wildman–Crippen MR) is 72.0 cm³/mol. The number of ether oxygens (including phenoxy) is 1. The quantitative estimate of drug-likeness (QED) is 0.760. The van der Waals surface area contributed by atoms with E-state index >= 15 is 0 Å². The van der Waals surface area contributed by atoms with Crippen molar-refractivity contribution in [1.82, 2.24) is 0 Å². The highest BCUT2D eigenvalue weighted by molar-refractivity contribution is 5.97. The van der Waals surface area contributed by atoms with Gasteiger partial charge in [-0.15, -0.1) is 0 Å². The summed E-state index contributed by atoms with van der Waals surface area (Å²) < 4.78 is 5.72. The van der Waals surface area contributed by atoms with Crippen molar-refractivity contribution in [3.8, 4) is 5.75 Å². The van der Waals surface area contributed by atoms with Gasteiger partial charge >= 0.3 is 0 Å². The molecule has 0 aromatic heterocycles. The number of hydrogen-bond acceptors (Lipinski definition) is 2. The van der Waals surface area contributed by atoms with E-state index in [-0.39, 0.29) is 5.78 Å². The number of carbonyl (C=O) groups is 1. The SMILES string of the molecule is CC(=O)c1cc(C)ccc1OCc1ccccc1. The van der Waals surface area contributed by atoms with Crippen molar-refractivity contribution >= 4 is 5.78 Å². The van der Waals surface area contributed by atoms with Gasteiger partial charge in [-0.05, 0) is 31.5 Å². The standard InChI is InChI=1S/C16H16O2/c1-12-8-9-16(15(10-12)13(2)17)18-11-14-6-4-3-5-7-14/h3-10H,11H2,1-2H3. The van der Waals surface area contributed by atoms with Crippen molar-refractivity contribution in [3.05, 3.63) is 65.2 Å². The van der Waals surface area contributed by atoms with E-state index in [2.05, 4.69) is 0 Å². The van der Waals surface area contributed by atoms with Crippen LogP contribution in [0.4, 0.5) is 0 Å². The molecule has 0 bridgehead atoms. The summed E-state index contributed by atoms with van der Waals surface area (Å²) >= 11 is 0. The lowest BCUT2D eigenvalue weighted by molar-refractivity contribution is 0.101. The summed E-state index contributed by atoms with van der Waals surface area (Å²) in [5.41, 5.74) is 2.80. The highest BCUT2D eigenvalue weighted by Gasteiger charge is 2.08. The van der Waals surface area contributed by atoms with Crippen molar-refractivity contribution < 1.29 is 9.53 Å². The molecule has 0 saturated carbocycles. The molecule has 2 nitrogen and oxygen atoms in total. The fourth-order valence-electron chi connectivity index (χ4n) is 1.78. The van der Waals surface area contributed by atoms with Crippen molar-refractivity contribution in [3.63, 3.8) is 0 Å². The van der Waals surface area contributed by atoms with Crippen LogP contribution in [-0.4, -0.2) is 5.78 Å². The Bertz CT molecular complexity index is 544. The molecule has 0 aliphatic heterocycles. The predicted octanol–water partition coefficient (Wildman–Crippen LogP) is 3.78. The summed E-state index contributed by atoms with van der Waals surface area (Å²) in [6, 6.07) is 15.6. The number of rotatable bonds is 4. The largest absolute Gasteiger partial charge is 0.488 e. The first-order valence-electron chi connectivity index (χ1n) is 5.95. The summed E-state index contributed by atoms with van der Waals surface area (Å²) in [7, 11) is 0. The summed E-state index contributed by atoms with van der Waals surface area (Å²) in [5.74, 6) is 0.679. The summed E-state index contributed by atoms with van der Waals surface area (Å²) in [6.07, 6.45) is 0. The molecule has 0 aliphatic carbocycles. The Hall–Kier alpha value is -2.09. The first-order valence-corrected chi connectivity index (χ1v) is 5.95. The van der Waals surface area contributed by atoms with Crippen LogP contribution in [-0.2, 0) is 6.61 Å². The molecular formula is C16H16O2. The van der Waals surface area contributed by atoms with Gasteiger partial charge < -0.3 is 4.74 Å². The van der Waals surface area contributed by atoms with Gasteiger partial charge in [0.2, 0.25) is 0 Å². The molecule has 0 radical (unpaired) electrons. The van der Waals surface area contributed by atoms with Crippen LogP contribution >= 0.6 is 0 Å². The second-order valence-electron chi connectivity index (χ2n) is 4.33. The van der Waals surface area contributed by atoms with Gasteiger partial charge in [-0.1, -0.05) is 42.0 Å². The van der Waals surface area contributed by atoms with Crippen molar-refractivity contribution in [2.75, 3.05) is 0 Å². The third-order valence-corrected chi connectivity index (χ3v) is 2.75. The number of hydrogen-bond donors (Lipinski definition) is 0. The van der Waals surface area contributed by atoms with E-state index in [1.54, 1.807) is 6.92 Å². The second kappa shape index (κ2) is 5.50. The number of carbonyl (C=O) groups excluding carboxylic acids is 1. The molecule has 0 atom stereocenters. The molecule has 0 unspecified atom stereocenters. The van der Waals surface area contributed by atoms with Crippen molar-refractivity contribution in [2.24, 2.45) is 0 Å². The number of ketones is 1. The summed E-state index contributed by atoms with van der Waals surface area (Å²) in [5, 5.41) is 0. The van der Waals surface area contributed by atoms with Crippen LogP contribution in [0.5, 0.6) is 5.75 Å². The highest BCUT2D eigenvalue weighted by atomic mass is 16.5. The van der Waals surface area contributed by atoms with E-state index in [0.29, 0.717) is 17.9 Å². The normalized spacial score (nSPS) is 10.1. The summed E-state index contributed by atoms with van der Waals surface area (Å²) in [6.45, 7) is 4.00. The molecule has 18 heavy (non-hydrogen) atoms. The third-order valence-electron chi connectivity index (χ3n) is 2.75. The molecule has 0 aliphatic rings. The maximum atomic E-state index is 11.5. The molecule has 2 heteroatoms. The average molecular weight is 240 g/mol. The lowest BCUT2D eigenvalue weighted by atomic mass is 10.1. The third kappa shape index (κ3) is 2.98. The molecular weight excluding hydrogens is 224 g/mol. The Morgan fingerprint density at radius 1 is 1.11 bits per heavy atom. The molecule has 2 aromatic carbocycles. The zero-order valence-corrected chi connectivity index (χ0v) is 10.6. The first-order chi connectivity index (χ1) is 8.66. The van der Waals surface area contributed by atoms with Crippen LogP contribution in [0, 0.1) is 6.92 Å². The van der Waals surface area contributed by atoms with E-state index in [1.165, 1.54) is 0 Å². The van der Waals surface area contributed by atoms with Crippen LogP contribution in [0.3, 0.4) is 0 Å². The maximum absolute atomic E-state index is 11.5. The lowest BCUT2D eigenvalue weighted by Crippen LogP contribution is -2.02. The Balaban J connectivity index is 2.17. The van der Waals surface area contributed by atoms with Crippen LogP contribution < -0.4 is 4.74 Å². The molecule has 2 aromatic rings. The number of Topliss-reactive ketones (excluding diaryl/α,β-unsaturated/α-hetero) is 1. The van der Waals surface area contributed by atoms with Crippen LogP contribution in [0.1, 0.15) is 28.4 Å². The molecule has 0 N–H and O–H groups in total. The van der Waals surface area contributed by atoms with Gasteiger partial charge in [0.15, 0.2) is 5.78 Å². The first kappa shape index (κ1) is 12.4. The number of aryl methyl sites for hydroxylation is 1. The number of benzene rings is 2. The average Bonchev–Trinajstić information content (AvgIpc) is 2.38. The van der Waals surface area contributed by atoms with Gasteiger partial charge in [0, 0.05) is 0 Å². The lowest BCUT2D eigenvalue weighted by Gasteiger charge is -2.10. The molecule has 92 valence electrons. The molecule has 0 heterocycles. The molecule has 0 fully saturated rings. The van der Waals surface area contributed by atoms with E-state index < -0.39 is 0 Å². The van der Waals surface area contributed by atoms with Crippen molar-refractivity contribution in [2.45, 2.75) is 20.5 Å². The Kier molecular flexibility index (Phi) is 3.78. The van der Waals surface area contributed by atoms with E-state index in [1.807, 2.05) is 55.5 Å². The van der Waals surface area contributed by atoms with Gasteiger partial charge in [-0.3, -0.25) is 4.79 Å². The minimum absolute atomic E-state index is 0.0294.